The molecule has 1 fully saturated rings. The molecule has 25 heavy (non-hydrogen) atoms. The van der Waals surface area contributed by atoms with Crippen LogP contribution in [0.2, 0.25) is 0 Å². The van der Waals surface area contributed by atoms with Crippen molar-refractivity contribution < 1.29 is 9.18 Å². The van der Waals surface area contributed by atoms with Gasteiger partial charge >= 0.3 is 0 Å². The lowest BCUT2D eigenvalue weighted by molar-refractivity contribution is 0.0672. The summed E-state index contributed by atoms with van der Waals surface area (Å²) in [7, 11) is 0. The van der Waals surface area contributed by atoms with E-state index in [9.17, 15) is 9.18 Å². The number of piperidine rings is 1. The number of fused-ring (bicyclic) bond motifs is 1. The molecular formula is C19H19FN4O. The molecule has 0 saturated carbocycles. The topological polar surface area (TPSA) is 51.0 Å². The zero-order chi connectivity index (χ0) is 17.4. The van der Waals surface area contributed by atoms with Crippen molar-refractivity contribution in [3.05, 3.63) is 59.8 Å². The third-order valence-electron chi connectivity index (χ3n) is 4.78. The molecule has 1 aliphatic rings. The van der Waals surface area contributed by atoms with Gasteiger partial charge in [-0.15, -0.1) is 0 Å². The van der Waals surface area contributed by atoms with Crippen molar-refractivity contribution in [2.75, 3.05) is 13.1 Å². The van der Waals surface area contributed by atoms with Gasteiger partial charge in [-0.05, 0) is 44.0 Å². The highest BCUT2D eigenvalue weighted by atomic mass is 19.1. The summed E-state index contributed by atoms with van der Waals surface area (Å²) in [6.45, 7) is 3.17. The number of pyridine rings is 1. The highest BCUT2D eigenvalue weighted by Gasteiger charge is 2.27. The highest BCUT2D eigenvalue weighted by molar-refractivity contribution is 5.98. The Balaban J connectivity index is 1.62. The van der Waals surface area contributed by atoms with Crippen LogP contribution < -0.4 is 0 Å². The molecule has 0 spiro atoms. The number of carbonyl (C=O) groups excluding carboxylic acids is 1. The average Bonchev–Trinajstić information content (AvgIpc) is 3.15. The minimum absolute atomic E-state index is 0.0203. The highest BCUT2D eigenvalue weighted by Crippen LogP contribution is 2.24. The largest absolute Gasteiger partial charge is 0.336 e. The number of aryl methyl sites for hydroxylation is 1. The van der Waals surface area contributed by atoms with Crippen LogP contribution in [0.4, 0.5) is 4.39 Å². The number of hydrogen-bond acceptors (Lipinski definition) is 3. The van der Waals surface area contributed by atoms with Crippen molar-refractivity contribution in [3.63, 3.8) is 0 Å². The van der Waals surface area contributed by atoms with Gasteiger partial charge in [-0.3, -0.25) is 14.5 Å². The van der Waals surface area contributed by atoms with Gasteiger partial charge in [0.25, 0.3) is 5.91 Å². The molecule has 6 heteroatoms. The molecule has 3 heterocycles. The van der Waals surface area contributed by atoms with Gasteiger partial charge in [0.2, 0.25) is 0 Å². The fourth-order valence-electron chi connectivity index (χ4n) is 3.48. The Labute approximate surface area is 145 Å². The fourth-order valence-corrected chi connectivity index (χ4v) is 3.48. The number of aromatic nitrogens is 3. The van der Waals surface area contributed by atoms with Gasteiger partial charge in [-0.25, -0.2) is 4.39 Å². The van der Waals surface area contributed by atoms with Gasteiger partial charge in [0.15, 0.2) is 0 Å². The normalized spacial score (nSPS) is 17.8. The van der Waals surface area contributed by atoms with Crippen LogP contribution in [-0.2, 0) is 0 Å². The van der Waals surface area contributed by atoms with Crippen LogP contribution >= 0.6 is 0 Å². The number of carbonyl (C=O) groups is 1. The molecule has 1 atom stereocenters. The molecule has 4 rings (SSSR count). The summed E-state index contributed by atoms with van der Waals surface area (Å²) >= 11 is 0. The Hall–Kier alpha value is -2.76. The van der Waals surface area contributed by atoms with Crippen LogP contribution in [0.3, 0.4) is 0 Å². The summed E-state index contributed by atoms with van der Waals surface area (Å²) < 4.78 is 15.3. The quantitative estimate of drug-likeness (QED) is 0.720. The molecule has 1 aliphatic heterocycles. The van der Waals surface area contributed by atoms with E-state index < -0.39 is 0 Å². The number of benzene rings is 1. The van der Waals surface area contributed by atoms with E-state index >= 15 is 0 Å². The summed E-state index contributed by atoms with van der Waals surface area (Å²) in [6.07, 6.45) is 5.66. The molecule has 128 valence electrons. The van der Waals surface area contributed by atoms with Crippen molar-refractivity contribution in [2.45, 2.75) is 25.8 Å². The van der Waals surface area contributed by atoms with E-state index in [-0.39, 0.29) is 17.8 Å². The van der Waals surface area contributed by atoms with E-state index in [0.717, 1.165) is 24.8 Å². The van der Waals surface area contributed by atoms with Crippen LogP contribution in [0, 0.1) is 12.7 Å². The second-order valence-electron chi connectivity index (χ2n) is 6.49. The molecule has 5 nitrogen and oxygen atoms in total. The monoisotopic (exact) mass is 338 g/mol. The Bertz CT molecular complexity index is 923. The molecule has 0 aliphatic carbocycles. The maximum atomic E-state index is 13.4. The fraction of sp³-hybridized carbons (Fsp3) is 0.316. The van der Waals surface area contributed by atoms with Crippen LogP contribution in [-0.4, -0.2) is 38.7 Å². The third-order valence-corrected chi connectivity index (χ3v) is 4.78. The molecule has 1 aromatic carbocycles. The second kappa shape index (κ2) is 6.27. The molecule has 3 aromatic rings. The van der Waals surface area contributed by atoms with Crippen LogP contribution in [0.5, 0.6) is 0 Å². The molecule has 0 bridgehead atoms. The molecule has 0 radical (unpaired) electrons. The second-order valence-corrected chi connectivity index (χ2v) is 6.49. The number of hydrogen-bond donors (Lipinski definition) is 0. The zero-order valence-electron chi connectivity index (χ0n) is 14.0. The van der Waals surface area contributed by atoms with E-state index in [1.54, 1.807) is 19.2 Å². The first-order valence-electron chi connectivity index (χ1n) is 8.47. The van der Waals surface area contributed by atoms with Crippen LogP contribution in [0.1, 0.15) is 34.9 Å². The maximum Gasteiger partial charge on any atom is 0.255 e. The van der Waals surface area contributed by atoms with Crippen molar-refractivity contribution in [1.82, 2.24) is 19.7 Å². The predicted octanol–water partition coefficient (Wildman–Crippen LogP) is 3.36. The molecule has 2 aromatic heterocycles. The Morgan fingerprint density at radius 3 is 3.00 bits per heavy atom. The number of amides is 1. The molecule has 0 N–H and O–H groups in total. The van der Waals surface area contributed by atoms with E-state index in [4.69, 9.17) is 0 Å². The minimum Gasteiger partial charge on any atom is -0.336 e. The van der Waals surface area contributed by atoms with Crippen molar-refractivity contribution in [2.24, 2.45) is 0 Å². The van der Waals surface area contributed by atoms with Crippen molar-refractivity contribution >= 4 is 16.8 Å². The first kappa shape index (κ1) is 15.7. The summed E-state index contributed by atoms with van der Waals surface area (Å²) in [5.41, 5.74) is 1.78. The molecule has 1 saturated heterocycles. The van der Waals surface area contributed by atoms with Crippen LogP contribution in [0.25, 0.3) is 10.9 Å². The van der Waals surface area contributed by atoms with Crippen molar-refractivity contribution in [1.29, 1.82) is 0 Å². The Kier molecular flexibility index (Phi) is 3.95. The SMILES string of the molecule is Cc1nc2cc(F)ccc2cc1C(=O)N1CCC[C@H](n2cccn2)C1. The first-order chi connectivity index (χ1) is 12.1. The maximum absolute atomic E-state index is 13.4. The van der Waals surface area contributed by atoms with Crippen LogP contribution in [0.15, 0.2) is 42.7 Å². The first-order valence-corrected chi connectivity index (χ1v) is 8.47. The Morgan fingerprint density at radius 1 is 1.32 bits per heavy atom. The zero-order valence-corrected chi connectivity index (χ0v) is 14.0. The van der Waals surface area contributed by atoms with Gasteiger partial charge in [0.05, 0.1) is 22.8 Å². The lowest BCUT2D eigenvalue weighted by atomic mass is 10.0. The standard InChI is InChI=1S/C19H19FN4O/c1-13-17(10-14-5-6-15(20)11-18(14)22-13)19(25)23-8-2-4-16(12-23)24-9-3-7-21-24/h3,5-7,9-11,16H,2,4,8,12H2,1H3/t16-/m0/s1. The van der Waals surface area contributed by atoms with E-state index in [0.29, 0.717) is 23.3 Å². The smallest absolute Gasteiger partial charge is 0.255 e. The lowest BCUT2D eigenvalue weighted by Gasteiger charge is -2.33. The minimum atomic E-state index is -0.323. The van der Waals surface area contributed by atoms with Gasteiger partial charge in [0.1, 0.15) is 5.82 Å². The molecular weight excluding hydrogens is 319 g/mol. The van der Waals surface area contributed by atoms with Gasteiger partial charge in [0, 0.05) is 36.9 Å². The van der Waals surface area contributed by atoms with Gasteiger partial charge in [-0.1, -0.05) is 0 Å². The van der Waals surface area contributed by atoms with Gasteiger partial charge < -0.3 is 4.90 Å². The summed E-state index contributed by atoms with van der Waals surface area (Å²) in [5.74, 6) is -0.343. The molecule has 1 amide bonds. The van der Waals surface area contributed by atoms with Gasteiger partial charge in [-0.2, -0.15) is 5.10 Å². The van der Waals surface area contributed by atoms with E-state index in [1.807, 2.05) is 27.9 Å². The number of rotatable bonds is 2. The number of likely N-dealkylation sites (tertiary alicyclic amines) is 1. The van der Waals surface area contributed by atoms with Crippen molar-refractivity contribution in [3.8, 4) is 0 Å². The number of halogens is 1. The Morgan fingerprint density at radius 2 is 2.20 bits per heavy atom. The number of nitrogens with zero attached hydrogens (tertiary/aromatic N) is 4. The summed E-state index contributed by atoms with van der Waals surface area (Å²) in [6, 6.07) is 8.37. The predicted molar refractivity (Wildman–Crippen MR) is 92.8 cm³/mol. The molecule has 0 unspecified atom stereocenters. The summed E-state index contributed by atoms with van der Waals surface area (Å²) in [5, 5.41) is 5.08. The average molecular weight is 338 g/mol. The summed E-state index contributed by atoms with van der Waals surface area (Å²) in [4.78, 5) is 19.3. The van der Waals surface area contributed by atoms with E-state index in [2.05, 4.69) is 10.1 Å². The lowest BCUT2D eigenvalue weighted by Crippen LogP contribution is -2.41. The third kappa shape index (κ3) is 2.99. The van der Waals surface area contributed by atoms with E-state index in [1.165, 1.54) is 12.1 Å².